The molecule has 3 aromatic rings. The minimum absolute atomic E-state index is 0.283. The lowest BCUT2D eigenvalue weighted by molar-refractivity contribution is -0.274. The first kappa shape index (κ1) is 21.8. The Labute approximate surface area is 173 Å². The number of urea groups is 1. The van der Waals surface area contributed by atoms with Gasteiger partial charge >= 0.3 is 12.4 Å². The maximum atomic E-state index is 13.1. The summed E-state index contributed by atoms with van der Waals surface area (Å²) in [5.74, 6) is -0.790. The molecule has 2 amide bonds. The van der Waals surface area contributed by atoms with E-state index in [1.807, 2.05) is 19.0 Å². The Morgan fingerprint density at radius 3 is 2.47 bits per heavy atom. The van der Waals surface area contributed by atoms with Gasteiger partial charge in [0.25, 0.3) is 0 Å². The molecular weight excluding hydrogens is 424 g/mol. The molecule has 0 spiro atoms. The molecule has 11 heteroatoms. The van der Waals surface area contributed by atoms with Crippen molar-refractivity contribution in [2.45, 2.75) is 6.36 Å². The molecule has 3 rings (SSSR count). The number of nitrogens with one attached hydrogen (secondary N) is 1. The van der Waals surface area contributed by atoms with Gasteiger partial charge in [-0.15, -0.1) is 13.2 Å². The van der Waals surface area contributed by atoms with Gasteiger partial charge in [0, 0.05) is 24.8 Å². The zero-order valence-electron chi connectivity index (χ0n) is 16.0. The molecule has 0 aliphatic carbocycles. The molecule has 0 radical (unpaired) electrons. The summed E-state index contributed by atoms with van der Waals surface area (Å²) in [7, 11) is 3.68. The van der Waals surface area contributed by atoms with Gasteiger partial charge in [-0.3, -0.25) is 4.90 Å². The zero-order valence-corrected chi connectivity index (χ0v) is 16.9. The molecule has 6 nitrogen and oxygen atoms in total. The first-order valence-electron chi connectivity index (χ1n) is 8.76. The summed E-state index contributed by atoms with van der Waals surface area (Å²) < 4.78 is 54.9. The highest BCUT2D eigenvalue weighted by Gasteiger charge is 2.31. The predicted molar refractivity (Wildman–Crippen MR) is 108 cm³/mol. The van der Waals surface area contributed by atoms with Crippen LogP contribution in [0.1, 0.15) is 0 Å². The van der Waals surface area contributed by atoms with Gasteiger partial charge in [-0.25, -0.2) is 14.2 Å². The molecule has 0 atom stereocenters. The minimum Gasteiger partial charge on any atom is -0.406 e. The lowest BCUT2D eigenvalue weighted by atomic mass is 10.3. The fraction of sp³-hybridized carbons (Fsp3) is 0.263. The Morgan fingerprint density at radius 2 is 1.83 bits per heavy atom. The molecule has 0 bridgehead atoms. The summed E-state index contributed by atoms with van der Waals surface area (Å²) in [4.78, 5) is 20.5. The third kappa shape index (κ3) is 5.80. The largest absolute Gasteiger partial charge is 0.573 e. The lowest BCUT2D eigenvalue weighted by Crippen LogP contribution is -2.39. The molecule has 0 unspecified atom stereocenters. The highest BCUT2D eigenvalue weighted by atomic mass is 32.1. The number of carbonyl (C=O) groups is 1. The highest BCUT2D eigenvalue weighted by molar-refractivity contribution is 7.22. The molecule has 0 saturated heterocycles. The van der Waals surface area contributed by atoms with Crippen molar-refractivity contribution >= 4 is 38.4 Å². The number of ether oxygens (including phenoxy) is 1. The van der Waals surface area contributed by atoms with Gasteiger partial charge in [0.2, 0.25) is 0 Å². The number of aromatic nitrogens is 1. The van der Waals surface area contributed by atoms with E-state index < -0.39 is 18.2 Å². The van der Waals surface area contributed by atoms with Crippen LogP contribution in [0.15, 0.2) is 42.5 Å². The van der Waals surface area contributed by atoms with E-state index in [9.17, 15) is 22.4 Å². The van der Waals surface area contributed by atoms with Crippen molar-refractivity contribution < 1.29 is 27.1 Å². The van der Waals surface area contributed by atoms with Gasteiger partial charge in [-0.1, -0.05) is 11.3 Å². The third-order valence-electron chi connectivity index (χ3n) is 3.92. The number of rotatable bonds is 6. The van der Waals surface area contributed by atoms with Crippen LogP contribution in [-0.2, 0) is 0 Å². The molecular formula is C19H18F4N4O2S. The summed E-state index contributed by atoms with van der Waals surface area (Å²) >= 11 is 1.07. The summed E-state index contributed by atoms with van der Waals surface area (Å²) in [5.41, 5.74) is 0.840. The van der Waals surface area contributed by atoms with Crippen LogP contribution >= 0.6 is 11.3 Å². The van der Waals surface area contributed by atoms with Crippen molar-refractivity contribution in [3.63, 3.8) is 0 Å². The highest BCUT2D eigenvalue weighted by Crippen LogP contribution is 2.33. The smallest absolute Gasteiger partial charge is 0.406 e. The van der Waals surface area contributed by atoms with Crippen molar-refractivity contribution in [1.29, 1.82) is 0 Å². The Morgan fingerprint density at radius 1 is 1.13 bits per heavy atom. The minimum atomic E-state index is -4.80. The number of anilines is 2. The van der Waals surface area contributed by atoms with Gasteiger partial charge < -0.3 is 15.0 Å². The quantitative estimate of drug-likeness (QED) is 0.550. The van der Waals surface area contributed by atoms with E-state index in [1.165, 1.54) is 47.4 Å². The molecule has 0 saturated carbocycles. The van der Waals surface area contributed by atoms with Crippen LogP contribution in [0.5, 0.6) is 5.75 Å². The van der Waals surface area contributed by atoms with E-state index in [0.717, 1.165) is 11.3 Å². The van der Waals surface area contributed by atoms with E-state index in [4.69, 9.17) is 0 Å². The molecule has 0 fully saturated rings. The topological polar surface area (TPSA) is 57.7 Å². The number of nitrogens with zero attached hydrogens (tertiary/aromatic N) is 3. The second-order valence-electron chi connectivity index (χ2n) is 6.57. The first-order valence-corrected chi connectivity index (χ1v) is 9.57. The van der Waals surface area contributed by atoms with E-state index in [2.05, 4.69) is 15.0 Å². The van der Waals surface area contributed by atoms with Crippen molar-refractivity contribution in [3.8, 4) is 5.75 Å². The van der Waals surface area contributed by atoms with Crippen LogP contribution in [0.4, 0.5) is 33.2 Å². The normalized spacial score (nSPS) is 11.7. The van der Waals surface area contributed by atoms with E-state index in [0.29, 0.717) is 27.6 Å². The van der Waals surface area contributed by atoms with Gasteiger partial charge in [0.15, 0.2) is 5.13 Å². The molecule has 0 aliphatic heterocycles. The molecule has 0 aliphatic rings. The molecule has 1 heterocycles. The van der Waals surface area contributed by atoms with Crippen LogP contribution < -0.4 is 15.0 Å². The second-order valence-corrected chi connectivity index (χ2v) is 7.57. The van der Waals surface area contributed by atoms with Crippen LogP contribution in [0.2, 0.25) is 0 Å². The maximum Gasteiger partial charge on any atom is 0.573 e. The van der Waals surface area contributed by atoms with Crippen LogP contribution in [0.3, 0.4) is 0 Å². The summed E-state index contributed by atoms with van der Waals surface area (Å²) in [6.07, 6.45) is -4.80. The Bertz CT molecular complexity index is 1020. The van der Waals surface area contributed by atoms with Gasteiger partial charge in [0.1, 0.15) is 11.6 Å². The lowest BCUT2D eigenvalue weighted by Gasteiger charge is -2.22. The molecule has 160 valence electrons. The molecule has 30 heavy (non-hydrogen) atoms. The van der Waals surface area contributed by atoms with Gasteiger partial charge in [-0.2, -0.15) is 0 Å². The Hall–Kier alpha value is -2.92. The van der Waals surface area contributed by atoms with Crippen LogP contribution in [0.25, 0.3) is 10.2 Å². The Balaban J connectivity index is 1.87. The van der Waals surface area contributed by atoms with Crippen LogP contribution in [0, 0.1) is 5.82 Å². The zero-order chi connectivity index (χ0) is 21.9. The third-order valence-corrected chi connectivity index (χ3v) is 4.97. The fourth-order valence-corrected chi connectivity index (χ4v) is 3.53. The fourth-order valence-electron chi connectivity index (χ4n) is 2.51. The van der Waals surface area contributed by atoms with E-state index in [-0.39, 0.29) is 12.3 Å². The van der Waals surface area contributed by atoms with Crippen molar-refractivity contribution in [2.75, 3.05) is 37.4 Å². The van der Waals surface area contributed by atoms with E-state index >= 15 is 0 Å². The van der Waals surface area contributed by atoms with Crippen molar-refractivity contribution in [2.24, 2.45) is 0 Å². The summed E-state index contributed by atoms with van der Waals surface area (Å²) in [6.45, 7) is 0.807. The number of hydrogen-bond donors (Lipinski definition) is 1. The number of hydrogen-bond acceptors (Lipinski definition) is 5. The van der Waals surface area contributed by atoms with Gasteiger partial charge in [0.05, 0.1) is 10.2 Å². The maximum absolute atomic E-state index is 13.1. The number of carbonyl (C=O) groups excluding carboxylic acids is 1. The summed E-state index contributed by atoms with van der Waals surface area (Å²) in [6, 6.07) is 8.60. The Kier molecular flexibility index (Phi) is 6.42. The SMILES string of the molecule is CN(C)CCN(C(=O)Nc1ccc(F)cc1)c1nc2ccc(OC(F)(F)F)cc2s1. The first-order chi connectivity index (χ1) is 14.1. The van der Waals surface area contributed by atoms with E-state index in [1.54, 1.807) is 0 Å². The number of likely N-dealkylation sites (N-methyl/N-ethyl adjacent to an activating group) is 1. The van der Waals surface area contributed by atoms with Crippen molar-refractivity contribution in [1.82, 2.24) is 9.88 Å². The van der Waals surface area contributed by atoms with Crippen LogP contribution in [-0.4, -0.2) is 49.5 Å². The molecule has 1 aromatic heterocycles. The number of alkyl halides is 3. The average Bonchev–Trinajstić information content (AvgIpc) is 3.05. The number of thiazole rings is 1. The molecule has 1 N–H and O–H groups in total. The second kappa shape index (κ2) is 8.84. The number of amides is 2. The standard InChI is InChI=1S/C19H18F4N4O2S/c1-26(2)9-10-27(17(28)24-13-5-3-12(20)4-6-13)18-25-15-8-7-14(11-16(15)30-18)29-19(21,22)23/h3-8,11H,9-10H2,1-2H3,(H,24,28). The van der Waals surface area contributed by atoms with Gasteiger partial charge in [-0.05, 0) is 50.5 Å². The monoisotopic (exact) mass is 442 g/mol. The predicted octanol–water partition coefficient (Wildman–Crippen LogP) is 4.93. The number of benzene rings is 2. The average molecular weight is 442 g/mol. The van der Waals surface area contributed by atoms with Crippen molar-refractivity contribution in [3.05, 3.63) is 48.3 Å². The number of fused-ring (bicyclic) bond motifs is 1. The summed E-state index contributed by atoms with van der Waals surface area (Å²) in [5, 5.41) is 2.99. The molecule has 2 aromatic carbocycles. The number of halogens is 4.